The molecule has 0 bridgehead atoms. The van der Waals surface area contributed by atoms with Crippen molar-refractivity contribution in [2.24, 2.45) is 5.92 Å². The van der Waals surface area contributed by atoms with Gasteiger partial charge >= 0.3 is 6.18 Å². The van der Waals surface area contributed by atoms with Gasteiger partial charge in [0.15, 0.2) is 0 Å². The first-order valence-electron chi connectivity index (χ1n) is 9.71. The van der Waals surface area contributed by atoms with Gasteiger partial charge in [-0.3, -0.25) is 4.79 Å². The normalized spacial score (nSPS) is 15.5. The molecule has 1 atom stereocenters. The molecule has 156 valence electrons. The highest BCUT2D eigenvalue weighted by atomic mass is 19.4. The van der Waals surface area contributed by atoms with E-state index in [1.807, 2.05) is 13.0 Å². The van der Waals surface area contributed by atoms with Crippen LogP contribution in [0.5, 0.6) is 11.5 Å². The van der Waals surface area contributed by atoms with Crippen molar-refractivity contribution in [3.63, 3.8) is 0 Å². The molecule has 3 aromatic carbocycles. The Kier molecular flexibility index (Phi) is 5.39. The van der Waals surface area contributed by atoms with E-state index < -0.39 is 11.7 Å². The molecule has 2 N–H and O–H groups in total. The van der Waals surface area contributed by atoms with Crippen LogP contribution in [0.1, 0.15) is 22.8 Å². The van der Waals surface area contributed by atoms with Crippen molar-refractivity contribution in [1.29, 1.82) is 0 Å². The number of amides is 1. The average molecular weight is 414 g/mol. The average Bonchev–Trinajstić information content (AvgIpc) is 2.66. The van der Waals surface area contributed by atoms with E-state index in [9.17, 15) is 18.0 Å². The number of ether oxygens (including phenoxy) is 1. The second kappa shape index (κ2) is 7.99. The third kappa shape index (κ3) is 4.26. The smallest absolute Gasteiger partial charge is 0.416 e. The number of hydrogen-bond acceptors (Lipinski definition) is 3. The van der Waals surface area contributed by atoms with Crippen LogP contribution in [0, 0.1) is 5.92 Å². The van der Waals surface area contributed by atoms with Crippen molar-refractivity contribution in [1.82, 2.24) is 10.6 Å². The van der Waals surface area contributed by atoms with E-state index in [0.29, 0.717) is 23.0 Å². The molecular formula is C23H21F3N2O2. The van der Waals surface area contributed by atoms with Gasteiger partial charge in [-0.05, 0) is 60.8 Å². The van der Waals surface area contributed by atoms with Gasteiger partial charge in [0, 0.05) is 36.0 Å². The minimum atomic E-state index is -4.39. The molecule has 1 saturated heterocycles. The maximum atomic E-state index is 12.7. The van der Waals surface area contributed by atoms with Crippen LogP contribution >= 0.6 is 0 Å². The second-order valence-corrected chi connectivity index (χ2v) is 7.50. The fourth-order valence-electron chi connectivity index (χ4n) is 3.40. The third-order valence-electron chi connectivity index (χ3n) is 5.39. The molecular weight excluding hydrogens is 393 g/mol. The molecule has 1 heterocycles. The first-order chi connectivity index (χ1) is 14.3. The van der Waals surface area contributed by atoms with Gasteiger partial charge < -0.3 is 15.4 Å². The van der Waals surface area contributed by atoms with Gasteiger partial charge in [0.2, 0.25) is 0 Å². The van der Waals surface area contributed by atoms with Crippen LogP contribution in [0.15, 0.2) is 60.7 Å². The Morgan fingerprint density at radius 1 is 1.10 bits per heavy atom. The van der Waals surface area contributed by atoms with Gasteiger partial charge in [-0.15, -0.1) is 0 Å². The van der Waals surface area contributed by atoms with E-state index in [1.54, 1.807) is 30.3 Å². The standard InChI is InChI=1S/C23H21F3N2O2/c1-14(17-12-27-13-17)28-22(29)16-5-10-20-15(11-16)3-2-4-21(20)30-19-8-6-18(7-9-19)23(24,25)26/h2-11,14,17,27H,12-13H2,1H3,(H,28,29)/t14-/m0/s1. The lowest BCUT2D eigenvalue weighted by Gasteiger charge is -2.33. The van der Waals surface area contributed by atoms with Crippen LogP contribution in [0.25, 0.3) is 10.8 Å². The van der Waals surface area contributed by atoms with Crippen molar-refractivity contribution >= 4 is 16.7 Å². The number of alkyl halides is 3. The number of rotatable bonds is 5. The van der Waals surface area contributed by atoms with Crippen LogP contribution in [0.3, 0.4) is 0 Å². The van der Waals surface area contributed by atoms with Gasteiger partial charge in [0.25, 0.3) is 5.91 Å². The first kappa shape index (κ1) is 20.2. The topological polar surface area (TPSA) is 50.4 Å². The second-order valence-electron chi connectivity index (χ2n) is 7.50. The molecule has 30 heavy (non-hydrogen) atoms. The number of benzene rings is 3. The number of carbonyl (C=O) groups is 1. The van der Waals surface area contributed by atoms with Gasteiger partial charge in [0.1, 0.15) is 11.5 Å². The Morgan fingerprint density at radius 2 is 1.83 bits per heavy atom. The first-order valence-corrected chi connectivity index (χ1v) is 9.71. The van der Waals surface area contributed by atoms with Crippen molar-refractivity contribution in [3.8, 4) is 11.5 Å². The number of hydrogen-bond donors (Lipinski definition) is 2. The zero-order valence-corrected chi connectivity index (χ0v) is 16.3. The summed E-state index contributed by atoms with van der Waals surface area (Å²) in [7, 11) is 0. The van der Waals surface area contributed by atoms with Crippen LogP contribution in [-0.4, -0.2) is 25.0 Å². The highest BCUT2D eigenvalue weighted by Gasteiger charge is 2.30. The highest BCUT2D eigenvalue weighted by molar-refractivity contribution is 6.00. The third-order valence-corrected chi connectivity index (χ3v) is 5.39. The summed E-state index contributed by atoms with van der Waals surface area (Å²) < 4.78 is 44.0. The summed E-state index contributed by atoms with van der Waals surface area (Å²) in [6.45, 7) is 3.81. The van der Waals surface area contributed by atoms with E-state index in [0.717, 1.165) is 36.0 Å². The highest BCUT2D eigenvalue weighted by Crippen LogP contribution is 2.33. The summed E-state index contributed by atoms with van der Waals surface area (Å²) in [6.07, 6.45) is -4.39. The zero-order valence-electron chi connectivity index (χ0n) is 16.3. The summed E-state index contributed by atoms with van der Waals surface area (Å²) in [4.78, 5) is 12.6. The van der Waals surface area contributed by atoms with E-state index in [2.05, 4.69) is 10.6 Å². The van der Waals surface area contributed by atoms with E-state index >= 15 is 0 Å². The molecule has 0 saturated carbocycles. The van der Waals surface area contributed by atoms with Crippen LogP contribution in [0.2, 0.25) is 0 Å². The number of halogens is 3. The van der Waals surface area contributed by atoms with E-state index in [1.165, 1.54) is 12.1 Å². The van der Waals surface area contributed by atoms with Crippen molar-refractivity contribution in [2.75, 3.05) is 13.1 Å². The number of nitrogens with one attached hydrogen (secondary N) is 2. The minimum absolute atomic E-state index is 0.0868. The molecule has 3 aromatic rings. The van der Waals surface area contributed by atoms with Crippen LogP contribution < -0.4 is 15.4 Å². The Morgan fingerprint density at radius 3 is 2.47 bits per heavy atom. The lowest BCUT2D eigenvalue weighted by Crippen LogP contribution is -2.53. The zero-order chi connectivity index (χ0) is 21.3. The molecule has 1 aliphatic heterocycles. The monoisotopic (exact) mass is 414 g/mol. The molecule has 4 rings (SSSR count). The summed E-state index contributed by atoms with van der Waals surface area (Å²) in [5, 5.41) is 7.81. The predicted octanol–water partition coefficient (Wildman–Crippen LogP) is 4.99. The number of fused-ring (bicyclic) bond motifs is 1. The van der Waals surface area contributed by atoms with Gasteiger partial charge in [-0.25, -0.2) is 0 Å². The fraction of sp³-hybridized carbons (Fsp3) is 0.261. The van der Waals surface area contributed by atoms with Crippen molar-refractivity contribution < 1.29 is 22.7 Å². The Balaban J connectivity index is 1.53. The largest absolute Gasteiger partial charge is 0.457 e. The maximum Gasteiger partial charge on any atom is 0.416 e. The summed E-state index contributed by atoms with van der Waals surface area (Å²) in [5.74, 6) is 1.12. The summed E-state index contributed by atoms with van der Waals surface area (Å²) in [5.41, 5.74) is -0.177. The minimum Gasteiger partial charge on any atom is -0.457 e. The van der Waals surface area contributed by atoms with Crippen LogP contribution in [-0.2, 0) is 6.18 Å². The van der Waals surface area contributed by atoms with E-state index in [4.69, 9.17) is 4.74 Å². The quantitative estimate of drug-likeness (QED) is 0.619. The molecule has 1 amide bonds. The fourth-order valence-corrected chi connectivity index (χ4v) is 3.40. The molecule has 0 spiro atoms. The summed E-state index contributed by atoms with van der Waals surface area (Å²) in [6, 6.07) is 15.3. The molecule has 1 aliphatic rings. The Bertz CT molecular complexity index is 1060. The van der Waals surface area contributed by atoms with Gasteiger partial charge in [0.05, 0.1) is 5.56 Å². The van der Waals surface area contributed by atoms with Crippen molar-refractivity contribution in [3.05, 3.63) is 71.8 Å². The van der Waals surface area contributed by atoms with Crippen molar-refractivity contribution in [2.45, 2.75) is 19.1 Å². The molecule has 7 heteroatoms. The molecule has 0 aliphatic carbocycles. The number of carbonyl (C=O) groups excluding carboxylic acids is 1. The predicted molar refractivity (Wildman–Crippen MR) is 109 cm³/mol. The Labute approximate surface area is 172 Å². The van der Waals surface area contributed by atoms with Gasteiger partial charge in [-0.1, -0.05) is 12.1 Å². The SMILES string of the molecule is C[C@H](NC(=O)c1ccc2c(Oc3ccc(C(F)(F)F)cc3)cccc2c1)C1CNC1. The Hall–Kier alpha value is -3.06. The van der Waals surface area contributed by atoms with Gasteiger partial charge in [-0.2, -0.15) is 13.2 Å². The van der Waals surface area contributed by atoms with E-state index in [-0.39, 0.29) is 11.9 Å². The van der Waals surface area contributed by atoms with Crippen LogP contribution in [0.4, 0.5) is 13.2 Å². The molecule has 1 fully saturated rings. The lowest BCUT2D eigenvalue weighted by atomic mass is 9.95. The molecule has 4 nitrogen and oxygen atoms in total. The maximum absolute atomic E-state index is 12.7. The lowest BCUT2D eigenvalue weighted by molar-refractivity contribution is -0.137. The summed E-state index contributed by atoms with van der Waals surface area (Å²) >= 11 is 0. The molecule has 0 unspecified atom stereocenters. The molecule has 0 radical (unpaired) electrons. The molecule has 0 aromatic heterocycles.